The van der Waals surface area contributed by atoms with Gasteiger partial charge in [-0.3, -0.25) is 0 Å². The maximum atomic E-state index is 13.2. The van der Waals surface area contributed by atoms with Gasteiger partial charge in [0.25, 0.3) is 0 Å². The Morgan fingerprint density at radius 3 is 2.47 bits per heavy atom. The summed E-state index contributed by atoms with van der Waals surface area (Å²) in [6.07, 6.45) is 0. The highest BCUT2D eigenvalue weighted by Crippen LogP contribution is 2.23. The summed E-state index contributed by atoms with van der Waals surface area (Å²) in [6.45, 7) is 0.466. The van der Waals surface area contributed by atoms with E-state index in [1.807, 2.05) is 42.3 Å². The van der Waals surface area contributed by atoms with Crippen molar-refractivity contribution in [3.8, 4) is 5.75 Å². The van der Waals surface area contributed by atoms with Crippen molar-refractivity contribution in [1.29, 1.82) is 0 Å². The van der Waals surface area contributed by atoms with E-state index in [0.717, 1.165) is 5.69 Å². The zero-order valence-corrected chi connectivity index (χ0v) is 9.60. The van der Waals surface area contributed by atoms with Crippen molar-refractivity contribution in [2.24, 2.45) is 0 Å². The van der Waals surface area contributed by atoms with Gasteiger partial charge in [-0.25, -0.2) is 4.39 Å². The van der Waals surface area contributed by atoms with Crippen molar-refractivity contribution >= 4 is 5.69 Å². The number of aromatic hydroxyl groups is 1. The average Bonchev–Trinajstić information content (AvgIpc) is 2.36. The monoisotopic (exact) mass is 231 g/mol. The van der Waals surface area contributed by atoms with E-state index in [1.54, 1.807) is 12.1 Å². The Morgan fingerprint density at radius 1 is 1.06 bits per heavy atom. The third kappa shape index (κ3) is 2.56. The summed E-state index contributed by atoms with van der Waals surface area (Å²) in [5, 5.41) is 9.59. The minimum absolute atomic E-state index is 0.268. The molecular formula is C14H14FNO. The highest BCUT2D eigenvalue weighted by molar-refractivity contribution is 5.47. The van der Waals surface area contributed by atoms with Crippen LogP contribution in [0.4, 0.5) is 10.1 Å². The first-order valence-corrected chi connectivity index (χ1v) is 5.41. The fourth-order valence-corrected chi connectivity index (χ4v) is 1.72. The fraction of sp³-hybridized carbons (Fsp3) is 0.143. The number of nitrogens with zero attached hydrogens (tertiary/aromatic N) is 1. The van der Waals surface area contributed by atoms with Gasteiger partial charge in [-0.15, -0.1) is 0 Å². The predicted octanol–water partition coefficient (Wildman–Crippen LogP) is 3.17. The van der Waals surface area contributed by atoms with Crippen molar-refractivity contribution in [3.63, 3.8) is 0 Å². The fourth-order valence-electron chi connectivity index (χ4n) is 1.72. The number of benzene rings is 2. The molecule has 0 aliphatic carbocycles. The molecule has 0 atom stereocenters. The summed E-state index contributed by atoms with van der Waals surface area (Å²) >= 11 is 0. The third-order valence-corrected chi connectivity index (χ3v) is 2.67. The van der Waals surface area contributed by atoms with Crippen LogP contribution in [0.5, 0.6) is 5.75 Å². The lowest BCUT2D eigenvalue weighted by molar-refractivity contribution is 0.425. The number of hydrogen-bond donors (Lipinski definition) is 1. The van der Waals surface area contributed by atoms with Gasteiger partial charge in [0, 0.05) is 24.8 Å². The van der Waals surface area contributed by atoms with Crippen LogP contribution in [-0.2, 0) is 6.54 Å². The molecule has 2 aromatic rings. The molecule has 2 aromatic carbocycles. The Balaban J connectivity index is 2.19. The summed E-state index contributed by atoms with van der Waals surface area (Å²) in [5.74, 6) is -0.848. The standard InChI is InChI=1S/C14H14FNO/c1-16(12-7-3-2-4-8-12)10-11-6-5-9-13(15)14(11)17/h2-9,17H,10H2,1H3. The molecule has 2 nitrogen and oxygen atoms in total. The normalized spacial score (nSPS) is 10.2. The maximum Gasteiger partial charge on any atom is 0.165 e. The molecule has 0 aromatic heterocycles. The van der Waals surface area contributed by atoms with Gasteiger partial charge >= 0.3 is 0 Å². The summed E-state index contributed by atoms with van der Waals surface area (Å²) < 4.78 is 13.2. The first-order valence-electron chi connectivity index (χ1n) is 5.41. The SMILES string of the molecule is CN(Cc1cccc(F)c1O)c1ccccc1. The van der Waals surface area contributed by atoms with Gasteiger partial charge < -0.3 is 10.0 Å². The Kier molecular flexibility index (Phi) is 3.28. The molecule has 88 valence electrons. The summed E-state index contributed by atoms with van der Waals surface area (Å²) in [5.41, 5.74) is 1.60. The van der Waals surface area contributed by atoms with Gasteiger partial charge in [-0.2, -0.15) is 0 Å². The van der Waals surface area contributed by atoms with Crippen LogP contribution in [0.25, 0.3) is 0 Å². The number of hydrogen-bond acceptors (Lipinski definition) is 2. The average molecular weight is 231 g/mol. The van der Waals surface area contributed by atoms with Crippen molar-refractivity contribution in [1.82, 2.24) is 0 Å². The lowest BCUT2D eigenvalue weighted by Crippen LogP contribution is -2.16. The molecule has 0 fully saturated rings. The second-order valence-corrected chi connectivity index (χ2v) is 3.94. The first kappa shape index (κ1) is 11.5. The molecule has 3 heteroatoms. The Bertz CT molecular complexity index is 499. The number of phenols is 1. The summed E-state index contributed by atoms with van der Waals surface area (Å²) in [6, 6.07) is 14.3. The van der Waals surface area contributed by atoms with Crippen molar-refractivity contribution in [2.45, 2.75) is 6.54 Å². The van der Waals surface area contributed by atoms with Gasteiger partial charge in [-0.05, 0) is 18.2 Å². The summed E-state index contributed by atoms with van der Waals surface area (Å²) in [7, 11) is 1.90. The Morgan fingerprint density at radius 2 is 1.76 bits per heavy atom. The highest BCUT2D eigenvalue weighted by Gasteiger charge is 2.08. The van der Waals surface area contributed by atoms with Gasteiger partial charge in [-0.1, -0.05) is 30.3 Å². The molecule has 0 unspecified atom stereocenters. The molecular weight excluding hydrogens is 217 g/mol. The maximum absolute atomic E-state index is 13.2. The van der Waals surface area contributed by atoms with Crippen LogP contribution >= 0.6 is 0 Å². The first-order chi connectivity index (χ1) is 8.18. The van der Waals surface area contributed by atoms with E-state index in [4.69, 9.17) is 0 Å². The van der Waals surface area contributed by atoms with E-state index in [1.165, 1.54) is 6.07 Å². The van der Waals surface area contributed by atoms with Crippen LogP contribution in [0.3, 0.4) is 0 Å². The van der Waals surface area contributed by atoms with Crippen LogP contribution in [-0.4, -0.2) is 12.2 Å². The Labute approximate surface area is 99.9 Å². The predicted molar refractivity (Wildman–Crippen MR) is 66.6 cm³/mol. The number of phenolic OH excluding ortho intramolecular Hbond substituents is 1. The molecule has 17 heavy (non-hydrogen) atoms. The lowest BCUT2D eigenvalue weighted by atomic mass is 10.1. The topological polar surface area (TPSA) is 23.5 Å². The smallest absolute Gasteiger partial charge is 0.165 e. The van der Waals surface area contributed by atoms with Crippen LogP contribution in [0.1, 0.15) is 5.56 Å². The van der Waals surface area contributed by atoms with Gasteiger partial charge in [0.2, 0.25) is 0 Å². The minimum Gasteiger partial charge on any atom is -0.505 e. The van der Waals surface area contributed by atoms with E-state index in [0.29, 0.717) is 12.1 Å². The Hall–Kier alpha value is -2.03. The quantitative estimate of drug-likeness (QED) is 0.877. The van der Waals surface area contributed by atoms with Gasteiger partial charge in [0.15, 0.2) is 11.6 Å². The van der Waals surface area contributed by atoms with E-state index >= 15 is 0 Å². The number of anilines is 1. The van der Waals surface area contributed by atoms with Crippen molar-refractivity contribution < 1.29 is 9.50 Å². The molecule has 0 radical (unpaired) electrons. The van der Waals surface area contributed by atoms with Crippen LogP contribution in [0.15, 0.2) is 48.5 Å². The van der Waals surface area contributed by atoms with E-state index in [2.05, 4.69) is 0 Å². The van der Waals surface area contributed by atoms with Gasteiger partial charge in [0.1, 0.15) is 0 Å². The van der Waals surface area contributed by atoms with E-state index in [-0.39, 0.29) is 5.75 Å². The van der Waals surface area contributed by atoms with E-state index in [9.17, 15) is 9.50 Å². The number of halogens is 1. The molecule has 1 N–H and O–H groups in total. The number of rotatable bonds is 3. The van der Waals surface area contributed by atoms with Crippen LogP contribution in [0.2, 0.25) is 0 Å². The highest BCUT2D eigenvalue weighted by atomic mass is 19.1. The molecule has 0 spiro atoms. The van der Waals surface area contributed by atoms with Crippen LogP contribution < -0.4 is 4.90 Å². The van der Waals surface area contributed by atoms with E-state index < -0.39 is 5.82 Å². The molecule has 0 bridgehead atoms. The van der Waals surface area contributed by atoms with Gasteiger partial charge in [0.05, 0.1) is 0 Å². The zero-order valence-electron chi connectivity index (χ0n) is 9.60. The molecule has 0 heterocycles. The molecule has 2 rings (SSSR count). The number of para-hydroxylation sites is 2. The minimum atomic E-state index is -0.580. The third-order valence-electron chi connectivity index (χ3n) is 2.67. The van der Waals surface area contributed by atoms with Crippen molar-refractivity contribution in [3.05, 3.63) is 59.9 Å². The molecule has 0 saturated heterocycles. The lowest BCUT2D eigenvalue weighted by Gasteiger charge is -2.19. The zero-order chi connectivity index (χ0) is 12.3. The van der Waals surface area contributed by atoms with Crippen molar-refractivity contribution in [2.75, 3.05) is 11.9 Å². The second kappa shape index (κ2) is 4.87. The molecule has 0 aliphatic heterocycles. The largest absolute Gasteiger partial charge is 0.505 e. The molecule has 0 saturated carbocycles. The second-order valence-electron chi connectivity index (χ2n) is 3.94. The molecule has 0 amide bonds. The summed E-state index contributed by atoms with van der Waals surface area (Å²) in [4.78, 5) is 1.95. The molecule has 0 aliphatic rings. The van der Waals surface area contributed by atoms with Crippen LogP contribution in [0, 0.1) is 5.82 Å².